The second-order valence-electron chi connectivity index (χ2n) is 4.73. The largest absolute Gasteiger partial charge is 0.480 e. The topological polar surface area (TPSA) is 118 Å². The Morgan fingerprint density at radius 1 is 1.21 bits per heavy atom. The molecule has 0 amide bonds. The van der Waals surface area contributed by atoms with Gasteiger partial charge in [-0.05, 0) is 18.8 Å². The molecule has 0 bridgehead atoms. The molecule has 8 heteroatoms. The van der Waals surface area contributed by atoms with Crippen molar-refractivity contribution in [1.82, 2.24) is 0 Å². The quantitative estimate of drug-likeness (QED) is 0.550. The predicted octanol–water partition coefficient (Wildman–Crippen LogP) is 0.841. The molecule has 1 rings (SSSR count). The van der Waals surface area contributed by atoms with Crippen LogP contribution >= 0.6 is 0 Å². The van der Waals surface area contributed by atoms with E-state index in [4.69, 9.17) is 14.4 Å². The maximum absolute atomic E-state index is 11.4. The van der Waals surface area contributed by atoms with Crippen LogP contribution in [-0.2, 0) is 24.4 Å². The van der Waals surface area contributed by atoms with Gasteiger partial charge in [0.05, 0.1) is 13.0 Å². The van der Waals surface area contributed by atoms with Crippen molar-refractivity contribution in [2.24, 2.45) is 5.92 Å². The molecule has 2 N–H and O–H groups in total. The summed E-state index contributed by atoms with van der Waals surface area (Å²) in [5, 5.41) is 6.47. The molecule has 0 radical (unpaired) electrons. The van der Waals surface area contributed by atoms with E-state index in [1.165, 1.54) is 0 Å². The number of carbonyl (C=O) groups excluding carboxylic acids is 1. The molecule has 0 heterocycles. The van der Waals surface area contributed by atoms with E-state index in [1.807, 2.05) is 0 Å². The molecule has 1 saturated carbocycles. The maximum Gasteiger partial charge on any atom is 0.325 e. The van der Waals surface area contributed by atoms with Gasteiger partial charge in [0.25, 0.3) is 10.1 Å². The van der Waals surface area contributed by atoms with Gasteiger partial charge in [0, 0.05) is 0 Å². The highest BCUT2D eigenvalue weighted by Gasteiger charge is 2.34. The van der Waals surface area contributed by atoms with Crippen molar-refractivity contribution in [1.29, 1.82) is 0 Å². The van der Waals surface area contributed by atoms with Gasteiger partial charge in [-0.1, -0.05) is 19.3 Å². The number of aliphatic carboxylic acids is 1. The number of carboxylic acid groups (broad SMARTS) is 1. The van der Waals surface area contributed by atoms with Crippen LogP contribution in [0.15, 0.2) is 0 Å². The molecular weight excluding hydrogens is 276 g/mol. The Labute approximate surface area is 111 Å². The van der Waals surface area contributed by atoms with E-state index >= 15 is 0 Å². The normalized spacial score (nSPS) is 18.8. The average Bonchev–Trinajstić information content (AvgIpc) is 2.33. The third-order valence-corrected chi connectivity index (χ3v) is 4.28. The van der Waals surface area contributed by atoms with Crippen LogP contribution in [0, 0.1) is 5.92 Å². The van der Waals surface area contributed by atoms with Crippen LogP contribution < -0.4 is 0 Å². The molecule has 110 valence electrons. The zero-order valence-corrected chi connectivity index (χ0v) is 11.3. The van der Waals surface area contributed by atoms with Crippen molar-refractivity contribution in [3.63, 3.8) is 0 Å². The molecule has 0 saturated heterocycles. The molecule has 1 aliphatic carbocycles. The Kier molecular flexibility index (Phi) is 5.74. The summed E-state index contributed by atoms with van der Waals surface area (Å²) in [5.41, 5.74) is 0. The van der Waals surface area contributed by atoms with Crippen molar-refractivity contribution >= 4 is 22.1 Å². The number of ether oxygens (including phenoxy) is 1. The Hall–Kier alpha value is -1.15. The van der Waals surface area contributed by atoms with Crippen LogP contribution in [0.5, 0.6) is 0 Å². The minimum atomic E-state index is -4.80. The summed E-state index contributed by atoms with van der Waals surface area (Å²) in [6.07, 6.45) is 4.34. The summed E-state index contributed by atoms with van der Waals surface area (Å²) in [5.74, 6) is -2.43. The lowest BCUT2D eigenvalue weighted by Crippen LogP contribution is -2.33. The molecule has 1 fully saturated rings. The van der Waals surface area contributed by atoms with Gasteiger partial charge in [-0.2, -0.15) is 8.42 Å². The molecule has 0 aromatic carbocycles. The highest BCUT2D eigenvalue weighted by molar-refractivity contribution is 7.87. The second kappa shape index (κ2) is 6.85. The summed E-state index contributed by atoms with van der Waals surface area (Å²) < 4.78 is 35.1. The lowest BCUT2D eigenvalue weighted by atomic mass is 9.90. The molecule has 19 heavy (non-hydrogen) atoms. The highest BCUT2D eigenvalue weighted by Crippen LogP contribution is 2.23. The van der Waals surface area contributed by atoms with Gasteiger partial charge in [-0.15, -0.1) is 0 Å². The number of carboxylic acids is 1. The van der Waals surface area contributed by atoms with E-state index in [1.54, 1.807) is 0 Å². The molecule has 0 spiro atoms. The zero-order chi connectivity index (χ0) is 14.5. The standard InChI is InChI=1S/C11H18O7S/c12-10(6-9(11(13)14)19(15,16)17)18-7-8-4-2-1-3-5-8/h8-9H,1-7H2,(H,13,14)(H,15,16,17). The van der Waals surface area contributed by atoms with E-state index in [0.717, 1.165) is 32.1 Å². The summed E-state index contributed by atoms with van der Waals surface area (Å²) >= 11 is 0. The van der Waals surface area contributed by atoms with E-state index in [9.17, 15) is 18.0 Å². The molecular formula is C11H18O7S. The summed E-state index contributed by atoms with van der Waals surface area (Å²) in [6.45, 7) is 0.177. The van der Waals surface area contributed by atoms with Crippen molar-refractivity contribution < 1.29 is 32.4 Å². The van der Waals surface area contributed by atoms with Crippen LogP contribution in [0.3, 0.4) is 0 Å². The van der Waals surface area contributed by atoms with Gasteiger partial charge in [-0.3, -0.25) is 14.1 Å². The van der Waals surface area contributed by atoms with E-state index in [0.29, 0.717) is 0 Å². The van der Waals surface area contributed by atoms with Crippen LogP contribution in [0.25, 0.3) is 0 Å². The molecule has 7 nitrogen and oxygen atoms in total. The van der Waals surface area contributed by atoms with Gasteiger partial charge < -0.3 is 9.84 Å². The monoisotopic (exact) mass is 294 g/mol. The molecule has 0 aliphatic heterocycles. The van der Waals surface area contributed by atoms with Crippen molar-refractivity contribution in [2.45, 2.75) is 43.8 Å². The SMILES string of the molecule is O=C(CC(C(=O)O)S(=O)(=O)O)OCC1CCCCC1. The Balaban J connectivity index is 2.42. The number of hydrogen-bond donors (Lipinski definition) is 2. The Morgan fingerprint density at radius 3 is 2.26 bits per heavy atom. The van der Waals surface area contributed by atoms with Gasteiger partial charge in [0.15, 0.2) is 5.25 Å². The van der Waals surface area contributed by atoms with Gasteiger partial charge >= 0.3 is 11.9 Å². The molecule has 1 atom stereocenters. The third-order valence-electron chi connectivity index (χ3n) is 3.19. The first-order valence-electron chi connectivity index (χ1n) is 6.15. The molecule has 1 aliphatic rings. The summed E-state index contributed by atoms with van der Waals surface area (Å²) in [7, 11) is -4.80. The zero-order valence-electron chi connectivity index (χ0n) is 10.4. The average molecular weight is 294 g/mol. The fraction of sp³-hybridized carbons (Fsp3) is 0.818. The lowest BCUT2D eigenvalue weighted by Gasteiger charge is -2.21. The fourth-order valence-corrected chi connectivity index (χ4v) is 2.70. The van der Waals surface area contributed by atoms with E-state index < -0.39 is 33.7 Å². The van der Waals surface area contributed by atoms with Crippen LogP contribution in [-0.4, -0.2) is 41.9 Å². The minimum Gasteiger partial charge on any atom is -0.480 e. The van der Waals surface area contributed by atoms with Crippen LogP contribution in [0.4, 0.5) is 0 Å². The minimum absolute atomic E-state index is 0.177. The first kappa shape index (κ1) is 15.9. The Morgan fingerprint density at radius 2 is 1.79 bits per heavy atom. The fourth-order valence-electron chi connectivity index (χ4n) is 2.09. The van der Waals surface area contributed by atoms with Gasteiger partial charge in [0.2, 0.25) is 0 Å². The van der Waals surface area contributed by atoms with Crippen molar-refractivity contribution in [3.05, 3.63) is 0 Å². The predicted molar refractivity (Wildman–Crippen MR) is 65.1 cm³/mol. The molecule has 0 aromatic heterocycles. The van der Waals surface area contributed by atoms with Gasteiger partial charge in [0.1, 0.15) is 0 Å². The van der Waals surface area contributed by atoms with Crippen LogP contribution in [0.1, 0.15) is 38.5 Å². The van der Waals surface area contributed by atoms with Crippen molar-refractivity contribution in [2.75, 3.05) is 6.61 Å². The second-order valence-corrected chi connectivity index (χ2v) is 6.33. The number of carbonyl (C=O) groups is 2. The maximum atomic E-state index is 11.4. The third kappa shape index (κ3) is 5.56. The number of hydrogen-bond acceptors (Lipinski definition) is 5. The smallest absolute Gasteiger partial charge is 0.325 e. The number of rotatable bonds is 6. The first-order chi connectivity index (χ1) is 8.80. The number of esters is 1. The van der Waals surface area contributed by atoms with E-state index in [-0.39, 0.29) is 12.5 Å². The van der Waals surface area contributed by atoms with Crippen molar-refractivity contribution in [3.8, 4) is 0 Å². The highest BCUT2D eigenvalue weighted by atomic mass is 32.2. The van der Waals surface area contributed by atoms with E-state index in [2.05, 4.69) is 0 Å². The van der Waals surface area contributed by atoms with Crippen LogP contribution in [0.2, 0.25) is 0 Å². The Bertz CT molecular complexity index is 422. The molecule has 1 unspecified atom stereocenters. The van der Waals surface area contributed by atoms with Gasteiger partial charge in [-0.25, -0.2) is 0 Å². The lowest BCUT2D eigenvalue weighted by molar-refractivity contribution is -0.148. The first-order valence-corrected chi connectivity index (χ1v) is 7.65. The summed E-state index contributed by atoms with van der Waals surface area (Å²) in [4.78, 5) is 22.0. The summed E-state index contributed by atoms with van der Waals surface area (Å²) in [6, 6.07) is 0. The molecule has 0 aromatic rings.